The summed E-state index contributed by atoms with van der Waals surface area (Å²) >= 11 is -2.03. The third kappa shape index (κ3) is 3.06. The second kappa shape index (κ2) is 5.94. The van der Waals surface area contributed by atoms with Gasteiger partial charge in [0, 0.05) is 0 Å². The molecular weight excluding hydrogens is 289 g/mol. The summed E-state index contributed by atoms with van der Waals surface area (Å²) in [4.78, 5) is 2.02. The predicted molar refractivity (Wildman–Crippen MR) is 77.0 cm³/mol. The number of anilines is 1. The molecule has 0 spiro atoms. The van der Waals surface area contributed by atoms with Gasteiger partial charge < -0.3 is 0 Å². The van der Waals surface area contributed by atoms with Crippen molar-refractivity contribution in [3.63, 3.8) is 0 Å². The summed E-state index contributed by atoms with van der Waals surface area (Å²) in [6, 6.07) is 18.0. The van der Waals surface area contributed by atoms with E-state index in [0.29, 0.717) is 5.32 Å². The Labute approximate surface area is 112 Å². The summed E-state index contributed by atoms with van der Waals surface area (Å²) in [5.41, 5.74) is 2.21. The molecule has 0 fully saturated rings. The van der Waals surface area contributed by atoms with Crippen LogP contribution in [0.5, 0.6) is 0 Å². The van der Waals surface area contributed by atoms with E-state index >= 15 is 0 Å². The second-order valence-corrected chi connectivity index (χ2v) is 7.32. The van der Waals surface area contributed by atoms with Crippen molar-refractivity contribution in [1.82, 2.24) is 0 Å². The van der Waals surface area contributed by atoms with Crippen molar-refractivity contribution in [2.45, 2.75) is 5.32 Å². The zero-order valence-corrected chi connectivity index (χ0v) is 12.4. The number of nitrogens with zero attached hydrogens (tertiary/aromatic N) is 1. The third-order valence-corrected chi connectivity index (χ3v) is 5.74. The minimum atomic E-state index is -2.03. The summed E-state index contributed by atoms with van der Waals surface area (Å²) in [7, 11) is 3.97. The van der Waals surface area contributed by atoms with Crippen LogP contribution in [0.3, 0.4) is 0 Å². The summed E-state index contributed by atoms with van der Waals surface area (Å²) in [6.07, 6.45) is 0. The number of hydrogen-bond acceptors (Lipinski definition) is 2. The molecule has 0 saturated carbocycles. The Balaban J connectivity index is 2.24. The molecule has 0 N–H and O–H groups in total. The number of rotatable bonds is 4. The van der Waals surface area contributed by atoms with E-state index in [2.05, 4.69) is 0 Å². The van der Waals surface area contributed by atoms with Crippen molar-refractivity contribution in [2.24, 2.45) is 0 Å². The molecule has 2 aromatic carbocycles. The molecule has 0 bridgehead atoms. The third-order valence-electron chi connectivity index (χ3n) is 2.73. The van der Waals surface area contributed by atoms with Crippen LogP contribution in [-0.2, 0) is 9.15 Å². The van der Waals surface area contributed by atoms with E-state index in [0.717, 1.165) is 15.7 Å². The minimum absolute atomic E-state index is 0.658. The Hall–Kier alpha value is -1.44. The molecule has 2 nitrogen and oxygen atoms in total. The van der Waals surface area contributed by atoms with Gasteiger partial charge >= 0.3 is 112 Å². The molecule has 2 aromatic rings. The standard InChI is InChI=1S/C15H17NOSe/c1-16(2)14-10-6-7-11-15(14)18(17)12-13-8-4-3-5-9-13/h3-11H,12H2,1-2H3. The topological polar surface area (TPSA) is 20.3 Å². The molecular formula is C15H17NOSe. The van der Waals surface area contributed by atoms with Crippen LogP contribution in [0, 0.1) is 0 Å². The van der Waals surface area contributed by atoms with Gasteiger partial charge in [0.2, 0.25) is 0 Å². The van der Waals surface area contributed by atoms with Crippen molar-refractivity contribution >= 4 is 24.0 Å². The van der Waals surface area contributed by atoms with Gasteiger partial charge in [0.05, 0.1) is 0 Å². The molecule has 0 aliphatic heterocycles. The molecule has 0 saturated heterocycles. The fourth-order valence-corrected chi connectivity index (χ4v) is 4.69. The Morgan fingerprint density at radius 2 is 1.56 bits per heavy atom. The first kappa shape index (κ1) is 13.0. The van der Waals surface area contributed by atoms with Gasteiger partial charge in [-0.15, -0.1) is 0 Å². The van der Waals surface area contributed by atoms with Crippen molar-refractivity contribution in [1.29, 1.82) is 0 Å². The van der Waals surface area contributed by atoms with Crippen LogP contribution in [0.1, 0.15) is 5.56 Å². The van der Waals surface area contributed by atoms with E-state index in [1.54, 1.807) is 0 Å². The van der Waals surface area contributed by atoms with Gasteiger partial charge in [-0.25, -0.2) is 0 Å². The molecule has 0 heterocycles. The maximum atomic E-state index is 12.5. The molecule has 18 heavy (non-hydrogen) atoms. The predicted octanol–water partition coefficient (Wildman–Crippen LogP) is 2.16. The Morgan fingerprint density at radius 3 is 2.22 bits per heavy atom. The molecule has 1 atom stereocenters. The van der Waals surface area contributed by atoms with Crippen molar-refractivity contribution < 1.29 is 3.83 Å². The summed E-state index contributed by atoms with van der Waals surface area (Å²) in [6.45, 7) is 0. The fraction of sp³-hybridized carbons (Fsp3) is 0.200. The SMILES string of the molecule is CN(C)c1ccccc1[Se](=O)Cc1ccccc1. The zero-order chi connectivity index (χ0) is 13.0. The van der Waals surface area contributed by atoms with Gasteiger partial charge in [-0.3, -0.25) is 0 Å². The van der Waals surface area contributed by atoms with Crippen LogP contribution in [0.15, 0.2) is 54.6 Å². The summed E-state index contributed by atoms with van der Waals surface area (Å²) in [5.74, 6) is 0. The van der Waals surface area contributed by atoms with E-state index in [9.17, 15) is 3.83 Å². The summed E-state index contributed by atoms with van der Waals surface area (Å²) < 4.78 is 13.5. The van der Waals surface area contributed by atoms with E-state index < -0.39 is 13.8 Å². The van der Waals surface area contributed by atoms with Crippen molar-refractivity contribution in [3.05, 3.63) is 60.2 Å². The van der Waals surface area contributed by atoms with Crippen LogP contribution in [-0.4, -0.2) is 27.9 Å². The van der Waals surface area contributed by atoms with Crippen LogP contribution in [0.25, 0.3) is 0 Å². The van der Waals surface area contributed by atoms with Gasteiger partial charge in [0.15, 0.2) is 0 Å². The van der Waals surface area contributed by atoms with Crippen LogP contribution < -0.4 is 9.36 Å². The van der Waals surface area contributed by atoms with Crippen molar-refractivity contribution in [2.75, 3.05) is 19.0 Å². The van der Waals surface area contributed by atoms with Gasteiger partial charge in [-0.2, -0.15) is 0 Å². The van der Waals surface area contributed by atoms with Gasteiger partial charge in [0.1, 0.15) is 0 Å². The molecule has 3 heteroatoms. The molecule has 2 rings (SSSR count). The number of hydrogen-bond donors (Lipinski definition) is 0. The zero-order valence-electron chi connectivity index (χ0n) is 10.7. The van der Waals surface area contributed by atoms with Crippen LogP contribution >= 0.6 is 0 Å². The molecule has 0 amide bonds. The average Bonchev–Trinajstić information content (AvgIpc) is 2.40. The Morgan fingerprint density at radius 1 is 0.944 bits per heavy atom. The monoisotopic (exact) mass is 307 g/mol. The first-order valence-corrected chi connectivity index (χ1v) is 8.64. The Bertz CT molecular complexity index is 537. The Kier molecular flexibility index (Phi) is 4.29. The maximum absolute atomic E-state index is 12.5. The molecule has 1 unspecified atom stereocenters. The van der Waals surface area contributed by atoms with E-state index in [1.165, 1.54) is 0 Å². The quantitative estimate of drug-likeness (QED) is 0.807. The van der Waals surface area contributed by atoms with E-state index in [4.69, 9.17) is 0 Å². The molecule has 0 aromatic heterocycles. The molecule has 0 aliphatic carbocycles. The first-order valence-electron chi connectivity index (χ1n) is 5.87. The second-order valence-electron chi connectivity index (χ2n) is 4.34. The number of benzene rings is 2. The fourth-order valence-electron chi connectivity index (χ4n) is 1.82. The summed E-state index contributed by atoms with van der Waals surface area (Å²) in [5, 5.41) is 0.658. The normalized spacial score (nSPS) is 12.1. The van der Waals surface area contributed by atoms with Crippen LogP contribution in [0.2, 0.25) is 0 Å². The van der Waals surface area contributed by atoms with E-state index in [1.807, 2.05) is 73.6 Å². The first-order chi connectivity index (χ1) is 8.68. The molecule has 0 aliphatic rings. The average molecular weight is 306 g/mol. The molecule has 94 valence electrons. The van der Waals surface area contributed by atoms with Gasteiger partial charge in [0.25, 0.3) is 0 Å². The molecule has 0 radical (unpaired) electrons. The van der Waals surface area contributed by atoms with Crippen LogP contribution in [0.4, 0.5) is 5.69 Å². The number of para-hydroxylation sites is 1. The van der Waals surface area contributed by atoms with E-state index in [-0.39, 0.29) is 0 Å². The van der Waals surface area contributed by atoms with Crippen molar-refractivity contribution in [3.8, 4) is 0 Å². The van der Waals surface area contributed by atoms with Gasteiger partial charge in [-0.05, 0) is 0 Å². The van der Waals surface area contributed by atoms with Gasteiger partial charge in [-0.1, -0.05) is 0 Å².